The van der Waals surface area contributed by atoms with Crippen LogP contribution in [0, 0.1) is 40.0 Å². The van der Waals surface area contributed by atoms with Gasteiger partial charge in [0.15, 0.2) is 5.78 Å². The van der Waals surface area contributed by atoms with Gasteiger partial charge in [0.05, 0.1) is 69.7 Å². The molecule has 0 radical (unpaired) electrons. The number of carbonyl (C=O) groups excluding carboxylic acids is 6. The summed E-state index contributed by atoms with van der Waals surface area (Å²) in [5.74, 6) is 6.03. The average molecular weight is 1610 g/mol. The average Bonchev–Trinajstić information content (AvgIpc) is 0.751. The fourth-order valence-electron chi connectivity index (χ4n) is 27.2. The molecule has 30 rings (SSSR count). The molecular formula is C96H122N10O12. The van der Waals surface area contributed by atoms with Crippen molar-refractivity contribution in [3.63, 3.8) is 0 Å². The Labute approximate surface area is 694 Å². The van der Waals surface area contributed by atoms with Crippen molar-refractivity contribution in [2.45, 2.75) is 213 Å². The third kappa shape index (κ3) is 13.9. The lowest BCUT2D eigenvalue weighted by Gasteiger charge is -2.58. The number of benzene rings is 5. The molecule has 628 valence electrons. The maximum Gasteiger partial charge on any atom is 0.254 e. The van der Waals surface area contributed by atoms with Crippen LogP contribution in [0.25, 0.3) is 0 Å². The summed E-state index contributed by atoms with van der Waals surface area (Å²) in [4.78, 5) is 96.2. The summed E-state index contributed by atoms with van der Waals surface area (Å²) >= 11 is 0. The highest BCUT2D eigenvalue weighted by Crippen LogP contribution is 2.51. The molecule has 5 amide bonds. The van der Waals surface area contributed by atoms with Crippen LogP contribution in [0.3, 0.4) is 0 Å². The third-order valence-corrected chi connectivity index (χ3v) is 33.4. The van der Waals surface area contributed by atoms with Crippen LogP contribution in [0.5, 0.6) is 0 Å². The normalized spacial score (nSPS) is 37.8. The maximum absolute atomic E-state index is 13.2. The first-order valence-corrected chi connectivity index (χ1v) is 45.9. The van der Waals surface area contributed by atoms with Crippen molar-refractivity contribution in [3.8, 4) is 0 Å². The smallest absolute Gasteiger partial charge is 0.254 e. The van der Waals surface area contributed by atoms with Crippen LogP contribution in [0.4, 0.5) is 0 Å². The molecular weight excluding hydrogens is 1490 g/mol. The molecule has 0 saturated carbocycles. The summed E-state index contributed by atoms with van der Waals surface area (Å²) in [7, 11) is 1.00. The molecule has 118 heavy (non-hydrogen) atoms. The summed E-state index contributed by atoms with van der Waals surface area (Å²) in [6.45, 7) is 18.6. The topological polar surface area (TPSA) is 255 Å². The van der Waals surface area contributed by atoms with Crippen LogP contribution in [0.2, 0.25) is 0 Å². The maximum atomic E-state index is 13.2. The number of amides is 5. The van der Waals surface area contributed by atoms with E-state index in [-0.39, 0.29) is 56.7 Å². The highest BCUT2D eigenvalue weighted by atomic mass is 16.5. The minimum atomic E-state index is -0.442. The number of nitrogens with zero attached hydrogens (tertiary/aromatic N) is 10. The second kappa shape index (κ2) is 31.8. The Balaban J connectivity index is 0.0000000942. The molecule has 4 N–H and O–H groups in total. The van der Waals surface area contributed by atoms with Gasteiger partial charge in [-0.25, -0.2) is 0 Å². The molecule has 15 saturated heterocycles. The minimum absolute atomic E-state index is 0.0307. The quantitative estimate of drug-likeness (QED) is 0.0943. The van der Waals surface area contributed by atoms with E-state index < -0.39 is 18.3 Å². The molecule has 10 bridgehead atoms. The number of quaternary nitrogens is 2. The molecule has 5 aromatic carbocycles. The largest absolute Gasteiger partial charge is 0.633 e. The van der Waals surface area contributed by atoms with E-state index in [9.17, 15) is 54.5 Å². The molecule has 0 spiro atoms. The Morgan fingerprint density at radius 1 is 0.305 bits per heavy atom. The van der Waals surface area contributed by atoms with E-state index in [1.807, 2.05) is 82.6 Å². The van der Waals surface area contributed by atoms with Gasteiger partial charge in [0.1, 0.15) is 0 Å². The third-order valence-electron chi connectivity index (χ3n) is 33.4. The van der Waals surface area contributed by atoms with Crippen molar-refractivity contribution in [1.29, 1.82) is 0 Å². The van der Waals surface area contributed by atoms with E-state index in [0.717, 1.165) is 216 Å². The Morgan fingerprint density at radius 3 is 0.949 bits per heavy atom. The summed E-state index contributed by atoms with van der Waals surface area (Å²) < 4.78 is -0.234. The fourth-order valence-corrected chi connectivity index (χ4v) is 27.2. The number of hydrogen-bond donors (Lipinski definition) is 4. The number of piperidine rings is 15. The van der Waals surface area contributed by atoms with Gasteiger partial charge in [-0.15, -0.1) is 0 Å². The zero-order valence-corrected chi connectivity index (χ0v) is 69.1. The van der Waals surface area contributed by atoms with Crippen LogP contribution in [-0.2, 0) is 6.42 Å². The lowest BCUT2D eigenvalue weighted by Crippen LogP contribution is -2.66. The van der Waals surface area contributed by atoms with Crippen LogP contribution in [0.15, 0.2) is 91.0 Å². The van der Waals surface area contributed by atoms with Gasteiger partial charge in [-0.1, -0.05) is 60.7 Å². The van der Waals surface area contributed by atoms with E-state index in [4.69, 9.17) is 5.11 Å². The highest BCUT2D eigenvalue weighted by Gasteiger charge is 2.54. The minimum Gasteiger partial charge on any atom is -0.633 e. The number of hydrogen-bond acceptors (Lipinski definition) is 15. The molecule has 0 unspecified atom stereocenters. The predicted octanol–water partition coefficient (Wildman–Crippen LogP) is 11.0. The molecule has 13 atom stereocenters. The van der Waals surface area contributed by atoms with Crippen molar-refractivity contribution in [2.24, 2.45) is 29.6 Å². The van der Waals surface area contributed by atoms with E-state index in [2.05, 4.69) is 47.6 Å². The monoisotopic (exact) mass is 1610 g/mol. The Hall–Kier alpha value is -7.32. The van der Waals surface area contributed by atoms with Gasteiger partial charge < -0.3 is 79.3 Å². The van der Waals surface area contributed by atoms with Crippen molar-refractivity contribution in [1.82, 2.24) is 39.2 Å². The van der Waals surface area contributed by atoms with Gasteiger partial charge in [-0.3, -0.25) is 28.8 Å². The number of aryl methyl sites for hydroxylation is 1. The highest BCUT2D eigenvalue weighted by molar-refractivity contribution is 6.06. The van der Waals surface area contributed by atoms with Gasteiger partial charge in [0.2, 0.25) is 0 Å². The van der Waals surface area contributed by atoms with Gasteiger partial charge in [0, 0.05) is 173 Å². The van der Waals surface area contributed by atoms with Gasteiger partial charge in [-0.2, -0.15) is 0 Å². The number of aliphatic hydroxyl groups excluding tert-OH is 4. The first-order chi connectivity index (χ1) is 57.4. The van der Waals surface area contributed by atoms with Crippen LogP contribution >= 0.6 is 0 Å². The van der Waals surface area contributed by atoms with Gasteiger partial charge in [-0.05, 0) is 252 Å². The van der Waals surface area contributed by atoms with Crippen molar-refractivity contribution in [2.75, 3.05) is 138 Å². The molecule has 22 nitrogen and oxygen atoms in total. The fraction of sp³-hybridized carbons (Fsp3) is 0.625. The molecule has 15 fully saturated rings. The molecule has 5 aliphatic carbocycles. The Morgan fingerprint density at radius 2 is 0.602 bits per heavy atom. The molecule has 5 aromatic rings. The Bertz CT molecular complexity index is 4590. The molecule has 25 aliphatic rings. The van der Waals surface area contributed by atoms with Crippen molar-refractivity contribution >= 4 is 35.3 Å². The Kier molecular flexibility index (Phi) is 21.4. The van der Waals surface area contributed by atoms with Crippen LogP contribution < -0.4 is 0 Å². The first kappa shape index (κ1) is 79.2. The van der Waals surface area contributed by atoms with E-state index >= 15 is 0 Å². The van der Waals surface area contributed by atoms with Gasteiger partial charge in [0.25, 0.3) is 29.5 Å². The SMILES string of the molecule is CO.O=C1CC[C@@H]2CN([C@@H]3C[N+]4([O-])CCC3CC4)C(=O)c3cccc1c32.O=C1c2cccc3c2[C@H](CCC3)CN1[C@@H]1CN2CCC1CC2.O=C1c2cccc3c2[C@H](CC[C@@H]3O)CN1[C@@H]1CN2CCC1CC2.O=C1c2cccc3c2[C@H](CC[C@H]3O)CN1[C@@H]1CN2CCC1CC2.O=C1c2cccc3c2[C@H](CC[C@H]3O)CN1[C@@H]1C[N+]2([O-])CCC1CC2. The molecule has 0 aromatic heterocycles. The van der Waals surface area contributed by atoms with Crippen molar-refractivity contribution in [3.05, 3.63) is 185 Å². The molecule has 22 heteroatoms. The molecule has 20 aliphatic heterocycles. The first-order valence-electron chi connectivity index (χ1n) is 45.9. The molecule has 20 heterocycles. The summed E-state index contributed by atoms with van der Waals surface area (Å²) in [5.41, 5.74) is 15.1. The lowest BCUT2D eigenvalue weighted by atomic mass is 9.74. The summed E-state index contributed by atoms with van der Waals surface area (Å²) in [6, 6.07) is 31.0. The van der Waals surface area contributed by atoms with Crippen molar-refractivity contribution < 1.29 is 58.5 Å². The number of aliphatic hydroxyl groups is 4. The number of carbonyl (C=O) groups is 6. The van der Waals surface area contributed by atoms with E-state index in [1.54, 1.807) is 0 Å². The standard InChI is InChI=1S/C19H24N2O3.C19H22N2O3.2C19H24N2O2.C19H24N2O.CH4O/c2*22-17-5-4-13-10-20(16-11-21(24)8-6-12(16)7-9-21)19(23)15-3-1-2-14(17)18(13)15;2*22-17-5-4-13-10-21(16-11-20-8-6-12(16)7-9-20)19(23)15-3-1-2-14(17)18(13)15;22-19-16-6-2-4-14-3-1-5-15(18(14)16)11-21(19)17-12-20-9-7-13(17)8-10-20;1-2/h1-3,12-13,16-17,22H,4-11H2;1-3,12-13,16H,4-11H2;2*1-3,12-13,16-17,22H,4-11H2;2,4,6,13,15,17H,1,3,5,7-12H2;2H,1H3/t12?,13-,16-,17-,21?;12?,13-,16-,21?;13-,16-,17+;13-,16-,17-;15-,17-;/m11111./s1. The van der Waals surface area contributed by atoms with E-state index in [0.29, 0.717) is 116 Å². The van der Waals surface area contributed by atoms with Crippen LogP contribution in [0.1, 0.15) is 289 Å². The number of fused-ring (bicyclic) bond motifs is 15. The number of hydroxylamine groups is 6. The second-order valence-corrected chi connectivity index (χ2v) is 39.3. The predicted molar refractivity (Wildman–Crippen MR) is 447 cm³/mol. The summed E-state index contributed by atoms with van der Waals surface area (Å²) in [6.07, 6.45) is 20.5. The van der Waals surface area contributed by atoms with Crippen LogP contribution in [-0.4, -0.2) is 272 Å². The number of ketones is 1. The van der Waals surface area contributed by atoms with Gasteiger partial charge >= 0.3 is 0 Å². The summed E-state index contributed by atoms with van der Waals surface area (Å²) in [5, 5.41) is 63.3. The second-order valence-electron chi connectivity index (χ2n) is 39.3. The van der Waals surface area contributed by atoms with E-state index in [1.165, 1.54) is 102 Å². The number of rotatable bonds is 5. The number of Topliss-reactive ketones (excluding diaryl/α,β-unsaturated/α-hetero) is 1. The zero-order chi connectivity index (χ0) is 80.7. The lowest BCUT2D eigenvalue weighted by molar-refractivity contribution is -0.899. The zero-order valence-electron chi connectivity index (χ0n) is 69.1.